The lowest BCUT2D eigenvalue weighted by Gasteiger charge is -2.03. The number of aromatic nitrogens is 3. The minimum Gasteiger partial charge on any atom is -0.461 e. The van der Waals surface area contributed by atoms with Crippen LogP contribution < -0.4 is 5.32 Å². The molecule has 3 aromatic heterocycles. The van der Waals surface area contributed by atoms with Crippen molar-refractivity contribution >= 4 is 5.91 Å². The van der Waals surface area contributed by atoms with E-state index in [2.05, 4.69) is 20.4 Å². The summed E-state index contributed by atoms with van der Waals surface area (Å²) in [4.78, 5) is 20.2. The maximum absolute atomic E-state index is 11.8. The van der Waals surface area contributed by atoms with Gasteiger partial charge in [-0.05, 0) is 24.3 Å². The van der Waals surface area contributed by atoms with Crippen LogP contribution in [0.15, 0.2) is 51.7 Å². The fourth-order valence-corrected chi connectivity index (χ4v) is 2.05. The smallest absolute Gasteiger partial charge is 0.238 e. The molecule has 0 saturated carbocycles. The molecule has 0 aromatic carbocycles. The Labute approximate surface area is 132 Å². The van der Waals surface area contributed by atoms with Gasteiger partial charge in [0.1, 0.15) is 0 Å². The van der Waals surface area contributed by atoms with Crippen molar-refractivity contribution in [1.29, 1.82) is 0 Å². The molecule has 0 aliphatic heterocycles. The Bertz CT molecular complexity index is 738. The molecule has 0 atom stereocenters. The van der Waals surface area contributed by atoms with Crippen LogP contribution in [-0.4, -0.2) is 27.6 Å². The van der Waals surface area contributed by atoms with Gasteiger partial charge >= 0.3 is 0 Å². The zero-order chi connectivity index (χ0) is 15.9. The van der Waals surface area contributed by atoms with Gasteiger partial charge in [-0.2, -0.15) is 4.98 Å². The zero-order valence-electron chi connectivity index (χ0n) is 12.4. The molecule has 0 saturated heterocycles. The minimum absolute atomic E-state index is 0.0568. The Morgan fingerprint density at radius 2 is 2.13 bits per heavy atom. The quantitative estimate of drug-likeness (QED) is 0.717. The van der Waals surface area contributed by atoms with Gasteiger partial charge in [0, 0.05) is 37.7 Å². The molecule has 118 valence electrons. The molecule has 7 nitrogen and oxygen atoms in total. The number of pyridine rings is 1. The standard InChI is InChI=1S/C16H16N4O3/c21-14(18-10-8-12-4-1-2-9-17-12)6-7-15-19-16(20-23-15)13-5-3-11-22-13/h1-5,9,11H,6-8,10H2,(H,18,21). The Kier molecular flexibility index (Phi) is 4.78. The van der Waals surface area contributed by atoms with Gasteiger partial charge in [0.25, 0.3) is 0 Å². The highest BCUT2D eigenvalue weighted by Crippen LogP contribution is 2.16. The largest absolute Gasteiger partial charge is 0.461 e. The van der Waals surface area contributed by atoms with E-state index in [1.807, 2.05) is 18.2 Å². The molecule has 0 spiro atoms. The van der Waals surface area contributed by atoms with Crippen molar-refractivity contribution in [3.05, 3.63) is 54.4 Å². The highest BCUT2D eigenvalue weighted by Gasteiger charge is 2.12. The summed E-state index contributed by atoms with van der Waals surface area (Å²) in [6.07, 6.45) is 4.67. The summed E-state index contributed by atoms with van der Waals surface area (Å²) in [6, 6.07) is 9.22. The molecule has 1 N–H and O–H groups in total. The molecule has 7 heteroatoms. The Hall–Kier alpha value is -2.96. The van der Waals surface area contributed by atoms with E-state index in [1.54, 1.807) is 24.6 Å². The lowest BCUT2D eigenvalue weighted by Crippen LogP contribution is -2.26. The van der Waals surface area contributed by atoms with Crippen molar-refractivity contribution in [3.8, 4) is 11.6 Å². The number of amides is 1. The van der Waals surface area contributed by atoms with Crippen LogP contribution in [0.2, 0.25) is 0 Å². The first kappa shape index (κ1) is 15.0. The van der Waals surface area contributed by atoms with Crippen LogP contribution in [-0.2, 0) is 17.6 Å². The van der Waals surface area contributed by atoms with Gasteiger partial charge in [0.15, 0.2) is 5.76 Å². The van der Waals surface area contributed by atoms with E-state index in [4.69, 9.17) is 8.94 Å². The predicted molar refractivity (Wildman–Crippen MR) is 81.3 cm³/mol. The van der Waals surface area contributed by atoms with Crippen LogP contribution >= 0.6 is 0 Å². The van der Waals surface area contributed by atoms with Gasteiger partial charge in [-0.1, -0.05) is 11.2 Å². The molecule has 1 amide bonds. The van der Waals surface area contributed by atoms with Crippen LogP contribution in [0.4, 0.5) is 0 Å². The SMILES string of the molecule is O=C(CCc1nc(-c2ccco2)no1)NCCc1ccccn1. The van der Waals surface area contributed by atoms with Gasteiger partial charge < -0.3 is 14.3 Å². The van der Waals surface area contributed by atoms with Crippen LogP contribution in [0.1, 0.15) is 18.0 Å². The number of carbonyl (C=O) groups is 1. The monoisotopic (exact) mass is 312 g/mol. The van der Waals surface area contributed by atoms with Crippen molar-refractivity contribution in [2.75, 3.05) is 6.54 Å². The van der Waals surface area contributed by atoms with Crippen molar-refractivity contribution in [2.24, 2.45) is 0 Å². The van der Waals surface area contributed by atoms with E-state index >= 15 is 0 Å². The molecule has 0 radical (unpaired) electrons. The maximum Gasteiger partial charge on any atom is 0.238 e. The number of furan rings is 1. The summed E-state index contributed by atoms with van der Waals surface area (Å²) in [5.74, 6) is 1.29. The summed E-state index contributed by atoms with van der Waals surface area (Å²) >= 11 is 0. The third-order valence-electron chi connectivity index (χ3n) is 3.21. The van der Waals surface area contributed by atoms with Crippen LogP contribution in [0.5, 0.6) is 0 Å². The molecule has 0 aliphatic rings. The number of nitrogens with zero attached hydrogens (tertiary/aromatic N) is 3. The van der Waals surface area contributed by atoms with Gasteiger partial charge in [0.2, 0.25) is 17.6 Å². The number of rotatable bonds is 7. The van der Waals surface area contributed by atoms with Crippen LogP contribution in [0.25, 0.3) is 11.6 Å². The molecule has 0 fully saturated rings. The third-order valence-corrected chi connectivity index (χ3v) is 3.21. The molecule has 3 rings (SSSR count). The fourth-order valence-electron chi connectivity index (χ4n) is 2.05. The average molecular weight is 312 g/mol. The number of carbonyl (C=O) groups excluding carboxylic acids is 1. The van der Waals surface area contributed by atoms with E-state index in [-0.39, 0.29) is 5.91 Å². The lowest BCUT2D eigenvalue weighted by molar-refractivity contribution is -0.121. The summed E-state index contributed by atoms with van der Waals surface area (Å²) in [5.41, 5.74) is 0.952. The fraction of sp³-hybridized carbons (Fsp3) is 0.250. The molecular weight excluding hydrogens is 296 g/mol. The first-order valence-corrected chi connectivity index (χ1v) is 7.34. The van der Waals surface area contributed by atoms with E-state index in [0.29, 0.717) is 43.3 Å². The third kappa shape index (κ3) is 4.26. The average Bonchev–Trinajstić information content (AvgIpc) is 3.25. The molecule has 0 unspecified atom stereocenters. The van der Waals surface area contributed by atoms with E-state index < -0.39 is 0 Å². The van der Waals surface area contributed by atoms with Crippen molar-refractivity contribution in [2.45, 2.75) is 19.3 Å². The Morgan fingerprint density at radius 3 is 2.91 bits per heavy atom. The predicted octanol–water partition coefficient (Wildman–Crippen LogP) is 2.02. The molecule has 3 heterocycles. The lowest BCUT2D eigenvalue weighted by atomic mass is 10.2. The molecule has 0 aliphatic carbocycles. The Morgan fingerprint density at radius 1 is 1.17 bits per heavy atom. The molecular formula is C16H16N4O3. The van der Waals surface area contributed by atoms with Gasteiger partial charge in [-0.25, -0.2) is 0 Å². The topological polar surface area (TPSA) is 94.0 Å². The zero-order valence-corrected chi connectivity index (χ0v) is 12.4. The minimum atomic E-state index is -0.0568. The van der Waals surface area contributed by atoms with Crippen LogP contribution in [0, 0.1) is 0 Å². The highest BCUT2D eigenvalue weighted by molar-refractivity contribution is 5.76. The molecule has 23 heavy (non-hydrogen) atoms. The second-order valence-electron chi connectivity index (χ2n) is 4.91. The van der Waals surface area contributed by atoms with E-state index in [1.165, 1.54) is 0 Å². The van der Waals surface area contributed by atoms with E-state index in [9.17, 15) is 4.79 Å². The first-order chi connectivity index (χ1) is 11.3. The summed E-state index contributed by atoms with van der Waals surface area (Å²) < 4.78 is 10.3. The number of nitrogens with one attached hydrogen (secondary N) is 1. The number of hydrogen-bond donors (Lipinski definition) is 1. The van der Waals surface area contributed by atoms with Gasteiger partial charge in [-0.3, -0.25) is 9.78 Å². The van der Waals surface area contributed by atoms with Crippen LogP contribution in [0.3, 0.4) is 0 Å². The van der Waals surface area contributed by atoms with Crippen molar-refractivity contribution < 1.29 is 13.7 Å². The summed E-state index contributed by atoms with van der Waals surface area (Å²) in [6.45, 7) is 0.553. The van der Waals surface area contributed by atoms with Crippen molar-refractivity contribution in [3.63, 3.8) is 0 Å². The number of aryl methyl sites for hydroxylation is 1. The highest BCUT2D eigenvalue weighted by atomic mass is 16.5. The Balaban J connectivity index is 1.41. The molecule has 0 bridgehead atoms. The van der Waals surface area contributed by atoms with Crippen molar-refractivity contribution in [1.82, 2.24) is 20.4 Å². The molecule has 3 aromatic rings. The van der Waals surface area contributed by atoms with Gasteiger partial charge in [-0.15, -0.1) is 0 Å². The first-order valence-electron chi connectivity index (χ1n) is 7.34. The second kappa shape index (κ2) is 7.35. The number of hydrogen-bond acceptors (Lipinski definition) is 6. The summed E-state index contributed by atoms with van der Waals surface area (Å²) in [5, 5.41) is 6.67. The van der Waals surface area contributed by atoms with Gasteiger partial charge in [0.05, 0.1) is 6.26 Å². The second-order valence-corrected chi connectivity index (χ2v) is 4.91. The van der Waals surface area contributed by atoms with E-state index in [0.717, 1.165) is 5.69 Å². The summed E-state index contributed by atoms with van der Waals surface area (Å²) in [7, 11) is 0. The normalized spacial score (nSPS) is 10.6. The maximum atomic E-state index is 11.8.